The molecule has 0 unspecified atom stereocenters. The third-order valence-electron chi connectivity index (χ3n) is 3.22. The van der Waals surface area contributed by atoms with Crippen LogP contribution < -0.4 is 0 Å². The molecular weight excluding hydrogens is 246 g/mol. The summed E-state index contributed by atoms with van der Waals surface area (Å²) in [5, 5.41) is 4.26. The fraction of sp³-hybridized carbons (Fsp3) is 0.0556. The lowest BCUT2D eigenvalue weighted by atomic mass is 10.0. The zero-order valence-corrected chi connectivity index (χ0v) is 11.1. The molecule has 3 aromatic rings. The van der Waals surface area contributed by atoms with Crippen molar-refractivity contribution in [2.24, 2.45) is 0 Å². The van der Waals surface area contributed by atoms with Crippen LogP contribution in [-0.2, 0) is 6.42 Å². The number of aromatic nitrogens is 1. The van der Waals surface area contributed by atoms with Gasteiger partial charge in [0.05, 0.1) is 0 Å². The van der Waals surface area contributed by atoms with Crippen molar-refractivity contribution < 1.29 is 4.52 Å². The number of allylic oxidation sites excluding steroid dienone is 1. The number of hydrogen-bond donors (Lipinski definition) is 0. The second-order valence-corrected chi connectivity index (χ2v) is 4.56. The molecule has 0 amide bonds. The molecule has 1 heterocycles. The number of nitrogens with zero attached hydrogens (tertiary/aromatic N) is 1. The van der Waals surface area contributed by atoms with Crippen LogP contribution in [0.1, 0.15) is 5.56 Å². The van der Waals surface area contributed by atoms with Crippen molar-refractivity contribution in [2.45, 2.75) is 6.42 Å². The first-order chi connectivity index (χ1) is 9.90. The zero-order chi connectivity index (χ0) is 13.8. The highest BCUT2D eigenvalue weighted by Gasteiger charge is 2.17. The normalized spacial score (nSPS) is 10.4. The van der Waals surface area contributed by atoms with Gasteiger partial charge in [0.25, 0.3) is 0 Å². The summed E-state index contributed by atoms with van der Waals surface area (Å²) in [6, 6.07) is 20.1. The van der Waals surface area contributed by atoms with Gasteiger partial charge in [0, 0.05) is 16.7 Å². The van der Waals surface area contributed by atoms with E-state index in [2.05, 4.69) is 11.7 Å². The van der Waals surface area contributed by atoms with Gasteiger partial charge in [-0.05, 0) is 6.42 Å². The molecule has 2 nitrogen and oxygen atoms in total. The van der Waals surface area contributed by atoms with Crippen LogP contribution in [0.2, 0.25) is 0 Å². The van der Waals surface area contributed by atoms with Crippen LogP contribution in [0, 0.1) is 0 Å². The van der Waals surface area contributed by atoms with Crippen LogP contribution in [0.5, 0.6) is 0 Å². The molecular formula is C18H15NO. The Kier molecular flexibility index (Phi) is 3.46. The first-order valence-electron chi connectivity index (χ1n) is 6.60. The molecule has 2 aromatic carbocycles. The SMILES string of the molecule is C=CCc1c(-c2ccccc2)noc1-c1ccccc1. The van der Waals surface area contributed by atoms with Crippen molar-refractivity contribution in [1.82, 2.24) is 5.16 Å². The summed E-state index contributed by atoms with van der Waals surface area (Å²) in [4.78, 5) is 0. The van der Waals surface area contributed by atoms with Gasteiger partial charge in [-0.3, -0.25) is 0 Å². The maximum Gasteiger partial charge on any atom is 0.170 e. The standard InChI is InChI=1S/C18H15NO/c1-2-9-16-17(14-10-5-3-6-11-14)19-20-18(16)15-12-7-4-8-13-15/h2-8,10-13H,1,9H2. The molecule has 1 aromatic heterocycles. The van der Waals surface area contributed by atoms with Crippen LogP contribution >= 0.6 is 0 Å². The number of benzene rings is 2. The highest BCUT2D eigenvalue weighted by Crippen LogP contribution is 2.32. The van der Waals surface area contributed by atoms with Crippen LogP contribution in [-0.4, -0.2) is 5.16 Å². The molecule has 0 saturated carbocycles. The minimum absolute atomic E-state index is 0.734. The van der Waals surface area contributed by atoms with E-state index in [1.165, 1.54) is 0 Å². The molecule has 0 bridgehead atoms. The Hall–Kier alpha value is -2.61. The van der Waals surface area contributed by atoms with Gasteiger partial charge in [-0.2, -0.15) is 0 Å². The Morgan fingerprint density at radius 3 is 2.10 bits per heavy atom. The molecule has 0 N–H and O–H groups in total. The fourth-order valence-electron chi connectivity index (χ4n) is 2.28. The van der Waals surface area contributed by atoms with Gasteiger partial charge in [-0.1, -0.05) is 71.9 Å². The van der Waals surface area contributed by atoms with Crippen molar-refractivity contribution in [1.29, 1.82) is 0 Å². The Labute approximate surface area is 118 Å². The lowest BCUT2D eigenvalue weighted by molar-refractivity contribution is 0.434. The fourth-order valence-corrected chi connectivity index (χ4v) is 2.28. The molecule has 20 heavy (non-hydrogen) atoms. The Bertz CT molecular complexity index is 642. The van der Waals surface area contributed by atoms with E-state index in [1.54, 1.807) is 0 Å². The monoisotopic (exact) mass is 261 g/mol. The Balaban J connectivity index is 2.14. The van der Waals surface area contributed by atoms with Crippen LogP contribution in [0.4, 0.5) is 0 Å². The van der Waals surface area contributed by atoms with Gasteiger partial charge >= 0.3 is 0 Å². The summed E-state index contributed by atoms with van der Waals surface area (Å²) in [6.45, 7) is 3.84. The maximum absolute atomic E-state index is 5.59. The summed E-state index contributed by atoms with van der Waals surface area (Å²) >= 11 is 0. The zero-order valence-electron chi connectivity index (χ0n) is 11.1. The molecule has 3 rings (SSSR count). The van der Waals surface area contributed by atoms with Gasteiger partial charge in [-0.15, -0.1) is 6.58 Å². The van der Waals surface area contributed by atoms with Crippen LogP contribution in [0.25, 0.3) is 22.6 Å². The van der Waals surface area contributed by atoms with E-state index in [0.29, 0.717) is 0 Å². The van der Waals surface area contributed by atoms with E-state index in [4.69, 9.17) is 4.52 Å². The van der Waals surface area contributed by atoms with Crippen molar-refractivity contribution in [2.75, 3.05) is 0 Å². The van der Waals surface area contributed by atoms with Crippen molar-refractivity contribution in [3.8, 4) is 22.6 Å². The number of hydrogen-bond acceptors (Lipinski definition) is 2. The predicted molar refractivity (Wildman–Crippen MR) is 81.3 cm³/mol. The van der Waals surface area contributed by atoms with E-state index >= 15 is 0 Å². The summed E-state index contributed by atoms with van der Waals surface area (Å²) < 4.78 is 5.59. The van der Waals surface area contributed by atoms with E-state index < -0.39 is 0 Å². The first kappa shape index (κ1) is 12.4. The average Bonchev–Trinajstić information content (AvgIpc) is 2.93. The third kappa shape index (κ3) is 2.28. The molecule has 2 heteroatoms. The summed E-state index contributed by atoms with van der Waals surface area (Å²) in [7, 11) is 0. The smallest absolute Gasteiger partial charge is 0.170 e. The lowest BCUT2D eigenvalue weighted by Crippen LogP contribution is -1.87. The van der Waals surface area contributed by atoms with Gasteiger partial charge in [0.15, 0.2) is 5.76 Å². The molecule has 0 fully saturated rings. The van der Waals surface area contributed by atoms with E-state index in [9.17, 15) is 0 Å². The largest absolute Gasteiger partial charge is 0.355 e. The highest BCUT2D eigenvalue weighted by atomic mass is 16.5. The van der Waals surface area contributed by atoms with Crippen molar-refractivity contribution in [3.05, 3.63) is 78.9 Å². The summed E-state index contributed by atoms with van der Waals surface area (Å²) in [5.74, 6) is 0.823. The molecule has 0 aliphatic rings. The minimum Gasteiger partial charge on any atom is -0.355 e. The van der Waals surface area contributed by atoms with Crippen LogP contribution in [0.15, 0.2) is 77.8 Å². The molecule has 0 saturated heterocycles. The molecule has 0 atom stereocenters. The Morgan fingerprint density at radius 1 is 0.900 bits per heavy atom. The molecule has 98 valence electrons. The highest BCUT2D eigenvalue weighted by molar-refractivity contribution is 5.72. The maximum atomic E-state index is 5.59. The molecule has 0 aliphatic carbocycles. The van der Waals surface area contributed by atoms with Gasteiger partial charge < -0.3 is 4.52 Å². The minimum atomic E-state index is 0.734. The molecule has 0 spiro atoms. The Morgan fingerprint density at radius 2 is 1.50 bits per heavy atom. The van der Waals surface area contributed by atoms with E-state index in [1.807, 2.05) is 66.7 Å². The number of rotatable bonds is 4. The topological polar surface area (TPSA) is 26.0 Å². The van der Waals surface area contributed by atoms with Crippen LogP contribution in [0.3, 0.4) is 0 Å². The first-order valence-corrected chi connectivity index (χ1v) is 6.60. The van der Waals surface area contributed by atoms with Crippen molar-refractivity contribution >= 4 is 0 Å². The summed E-state index contributed by atoms with van der Waals surface area (Å²) in [5.41, 5.74) is 4.08. The lowest BCUT2D eigenvalue weighted by Gasteiger charge is -2.01. The third-order valence-corrected chi connectivity index (χ3v) is 3.22. The van der Waals surface area contributed by atoms with E-state index in [-0.39, 0.29) is 0 Å². The predicted octanol–water partition coefficient (Wildman–Crippen LogP) is 4.74. The second-order valence-electron chi connectivity index (χ2n) is 4.56. The van der Waals surface area contributed by atoms with Gasteiger partial charge in [0.2, 0.25) is 0 Å². The van der Waals surface area contributed by atoms with Gasteiger partial charge in [-0.25, -0.2) is 0 Å². The molecule has 0 radical (unpaired) electrons. The van der Waals surface area contributed by atoms with E-state index in [0.717, 1.165) is 34.6 Å². The molecule has 0 aliphatic heterocycles. The second kappa shape index (κ2) is 5.57. The van der Waals surface area contributed by atoms with Crippen molar-refractivity contribution in [3.63, 3.8) is 0 Å². The summed E-state index contributed by atoms with van der Waals surface area (Å²) in [6.07, 6.45) is 2.61. The average molecular weight is 261 g/mol. The van der Waals surface area contributed by atoms with Gasteiger partial charge in [0.1, 0.15) is 5.69 Å². The quantitative estimate of drug-likeness (QED) is 0.634.